The van der Waals surface area contributed by atoms with Gasteiger partial charge < -0.3 is 21.1 Å². The number of thiocarbonyl (C=S) groups is 1. The quantitative estimate of drug-likeness (QED) is 0.0649. The highest BCUT2D eigenvalue weighted by Gasteiger charge is 2.15. The molecule has 0 atom stereocenters. The molecular formula is C34H29BrF2N4O5S2. The molecule has 4 N–H and O–H groups in total. The van der Waals surface area contributed by atoms with E-state index in [4.69, 9.17) is 15.3 Å². The molecule has 0 saturated carbocycles. The lowest BCUT2D eigenvalue weighted by molar-refractivity contribution is -0.191. The van der Waals surface area contributed by atoms with Gasteiger partial charge >= 0.3 is 12.1 Å². The number of esters is 1. The number of nitrogens with two attached hydrogens (primary N) is 1. The van der Waals surface area contributed by atoms with Gasteiger partial charge in [0.05, 0.1) is 34.3 Å². The molecule has 0 spiro atoms. The Morgan fingerprint density at radius 3 is 1.96 bits per heavy atom. The fraction of sp³-hybridized carbons (Fsp3) is 0.0882. The van der Waals surface area contributed by atoms with Crippen molar-refractivity contribution < 1.29 is 32.7 Å². The van der Waals surface area contributed by atoms with Gasteiger partial charge in [-0.3, -0.25) is 4.79 Å². The van der Waals surface area contributed by atoms with Crippen LogP contribution in [0.5, 0.6) is 0 Å². The summed E-state index contributed by atoms with van der Waals surface area (Å²) >= 11 is 9.11. The number of halogens is 3. The lowest BCUT2D eigenvalue weighted by Gasteiger charge is -2.04. The number of anilines is 3. The van der Waals surface area contributed by atoms with Gasteiger partial charge in [-0.25, -0.2) is 18.6 Å². The summed E-state index contributed by atoms with van der Waals surface area (Å²) in [5, 5.41) is 6.47. The largest absolute Gasteiger partial charge is 0.465 e. The SMILES string of the molecule is COC(=O)c1ccccc1C(=O)CBr.Cc1ccccc1-c1cnc(Nc2ccccc2F)s1.NC(=S)Nc1ccccc1F.O=C=O. The fourth-order valence-corrected chi connectivity index (χ4v) is 5.10. The lowest BCUT2D eigenvalue weighted by atomic mass is 10.0. The van der Waals surface area contributed by atoms with E-state index in [1.165, 1.54) is 36.1 Å². The predicted octanol–water partition coefficient (Wildman–Crippen LogP) is 7.95. The third-order valence-corrected chi connectivity index (χ3v) is 7.47. The first-order chi connectivity index (χ1) is 23.1. The second-order valence-corrected chi connectivity index (χ2v) is 11.1. The fourth-order valence-electron chi connectivity index (χ4n) is 3.77. The summed E-state index contributed by atoms with van der Waals surface area (Å²) in [5.74, 6) is -1.26. The first-order valence-corrected chi connectivity index (χ1v) is 16.0. The van der Waals surface area contributed by atoms with Crippen LogP contribution >= 0.6 is 39.5 Å². The van der Waals surface area contributed by atoms with E-state index in [1.807, 2.05) is 18.3 Å². The number of carbonyl (C=O) groups excluding carboxylic acids is 4. The Morgan fingerprint density at radius 2 is 1.42 bits per heavy atom. The Kier molecular flexibility index (Phi) is 17.0. The molecule has 0 fully saturated rings. The number of ether oxygens (including phenoxy) is 1. The molecule has 5 rings (SSSR count). The van der Waals surface area contributed by atoms with Gasteiger partial charge in [0, 0.05) is 11.8 Å². The Balaban J connectivity index is 0.000000251. The van der Waals surface area contributed by atoms with Gasteiger partial charge in [0.2, 0.25) is 0 Å². The van der Waals surface area contributed by atoms with Crippen molar-refractivity contribution in [2.75, 3.05) is 23.1 Å². The standard InChI is InChI=1S/C16H13FN2S.C10H9BrO3.C7H7FN2S.CO2/c1-11-6-2-3-7-12(11)15-10-18-16(20-15)19-14-9-5-4-8-13(14)17;1-14-10(13)8-5-3-2-4-7(8)9(12)6-11;8-5-3-1-2-4-6(5)10-7(9)11;2-1-3/h2-10H,1H3,(H,18,19);2-5H,6H2,1H3;1-4H,(H3,9,10,11);. The van der Waals surface area contributed by atoms with Crippen molar-refractivity contribution in [1.29, 1.82) is 0 Å². The third-order valence-electron chi connectivity index (χ3n) is 5.92. The van der Waals surface area contributed by atoms with Crippen LogP contribution in [-0.4, -0.2) is 40.4 Å². The Labute approximate surface area is 293 Å². The molecule has 0 radical (unpaired) electrons. The topological polar surface area (TPSA) is 140 Å². The van der Waals surface area contributed by atoms with Crippen LogP contribution in [0, 0.1) is 18.6 Å². The van der Waals surface area contributed by atoms with E-state index in [1.54, 1.807) is 60.7 Å². The monoisotopic (exact) mass is 754 g/mol. The third kappa shape index (κ3) is 12.6. The predicted molar refractivity (Wildman–Crippen MR) is 190 cm³/mol. The molecule has 1 heterocycles. The molecule has 0 saturated heterocycles. The molecule has 248 valence electrons. The Hall–Kier alpha value is -5.14. The zero-order valence-electron chi connectivity index (χ0n) is 25.5. The van der Waals surface area contributed by atoms with Gasteiger partial charge in [0.15, 0.2) is 16.0 Å². The summed E-state index contributed by atoms with van der Waals surface area (Å²) < 4.78 is 30.9. The molecule has 0 aliphatic heterocycles. The molecular weight excluding hydrogens is 726 g/mol. The molecule has 0 amide bonds. The molecule has 0 aliphatic rings. The number of aryl methyl sites for hydroxylation is 1. The number of hydrogen-bond donors (Lipinski definition) is 3. The molecule has 0 unspecified atom stereocenters. The molecule has 9 nitrogen and oxygen atoms in total. The number of thiazole rings is 1. The summed E-state index contributed by atoms with van der Waals surface area (Å²) in [5.41, 5.74) is 8.95. The number of Topliss-reactive ketones (excluding diaryl/α,β-unsaturated/α-hetero) is 1. The number of para-hydroxylation sites is 2. The minimum absolute atomic E-state index is 0.0649. The van der Waals surface area contributed by atoms with E-state index in [-0.39, 0.29) is 34.0 Å². The van der Waals surface area contributed by atoms with Crippen molar-refractivity contribution in [1.82, 2.24) is 4.98 Å². The van der Waals surface area contributed by atoms with Gasteiger partial charge in [-0.15, -0.1) is 0 Å². The van der Waals surface area contributed by atoms with Gasteiger partial charge in [0.25, 0.3) is 0 Å². The minimum Gasteiger partial charge on any atom is -0.465 e. The van der Waals surface area contributed by atoms with Crippen LogP contribution in [0.1, 0.15) is 26.3 Å². The van der Waals surface area contributed by atoms with E-state index in [0.717, 1.165) is 10.4 Å². The number of nitrogens with one attached hydrogen (secondary N) is 2. The average Bonchev–Trinajstić information content (AvgIpc) is 3.55. The van der Waals surface area contributed by atoms with Gasteiger partial charge in [-0.2, -0.15) is 9.59 Å². The molecule has 48 heavy (non-hydrogen) atoms. The molecule has 1 aromatic heterocycles. The van der Waals surface area contributed by atoms with Gasteiger partial charge in [0.1, 0.15) is 11.6 Å². The molecule has 4 aromatic carbocycles. The Bertz CT molecular complexity index is 1830. The lowest BCUT2D eigenvalue weighted by Crippen LogP contribution is -2.19. The van der Waals surface area contributed by atoms with Crippen molar-refractivity contribution in [2.45, 2.75) is 6.92 Å². The van der Waals surface area contributed by atoms with Crippen molar-refractivity contribution >= 4 is 79.0 Å². The summed E-state index contributed by atoms with van der Waals surface area (Å²) in [7, 11) is 1.29. The van der Waals surface area contributed by atoms with E-state index >= 15 is 0 Å². The maximum Gasteiger partial charge on any atom is 0.373 e. The normalized spacial score (nSPS) is 9.44. The van der Waals surface area contributed by atoms with Crippen LogP contribution in [0.25, 0.3) is 10.4 Å². The summed E-state index contributed by atoms with van der Waals surface area (Å²) in [4.78, 5) is 44.3. The van der Waals surface area contributed by atoms with E-state index in [0.29, 0.717) is 27.6 Å². The van der Waals surface area contributed by atoms with E-state index < -0.39 is 5.97 Å². The summed E-state index contributed by atoms with van der Waals surface area (Å²) in [6, 6.07) is 27.5. The van der Waals surface area contributed by atoms with Gasteiger partial charge in [-0.05, 0) is 60.6 Å². The van der Waals surface area contributed by atoms with Crippen LogP contribution in [0.3, 0.4) is 0 Å². The molecule has 0 bridgehead atoms. The second-order valence-electron chi connectivity index (χ2n) is 9.10. The highest BCUT2D eigenvalue weighted by molar-refractivity contribution is 9.09. The van der Waals surface area contributed by atoms with Gasteiger partial charge in [-0.1, -0.05) is 94.0 Å². The zero-order chi connectivity index (χ0) is 35.5. The van der Waals surface area contributed by atoms with Crippen molar-refractivity contribution in [2.24, 2.45) is 5.73 Å². The number of aromatic nitrogens is 1. The highest BCUT2D eigenvalue weighted by atomic mass is 79.9. The van der Waals surface area contributed by atoms with E-state index in [2.05, 4.69) is 67.6 Å². The summed E-state index contributed by atoms with van der Waals surface area (Å²) in [6.45, 7) is 2.07. The van der Waals surface area contributed by atoms with E-state index in [9.17, 15) is 18.4 Å². The number of nitrogens with zero attached hydrogens (tertiary/aromatic N) is 1. The minimum atomic E-state index is -0.491. The van der Waals surface area contributed by atoms with Crippen LogP contribution in [0.15, 0.2) is 103 Å². The van der Waals surface area contributed by atoms with Crippen LogP contribution in [0.2, 0.25) is 0 Å². The van der Waals surface area contributed by atoms with Crippen LogP contribution < -0.4 is 16.4 Å². The molecule has 14 heteroatoms. The number of benzene rings is 4. The number of alkyl halides is 1. The number of ketones is 1. The maximum atomic E-state index is 13.6. The van der Waals surface area contributed by atoms with Crippen molar-refractivity contribution in [3.63, 3.8) is 0 Å². The number of carbonyl (C=O) groups is 2. The number of methoxy groups -OCH3 is 1. The molecule has 0 aliphatic carbocycles. The van der Waals surface area contributed by atoms with Crippen molar-refractivity contribution in [3.05, 3.63) is 132 Å². The highest BCUT2D eigenvalue weighted by Crippen LogP contribution is 2.32. The Morgan fingerprint density at radius 1 is 0.896 bits per heavy atom. The molecule has 5 aromatic rings. The van der Waals surface area contributed by atoms with Crippen LogP contribution in [-0.2, 0) is 14.3 Å². The second kappa shape index (κ2) is 20.9. The number of hydrogen-bond acceptors (Lipinski definition) is 9. The smallest absolute Gasteiger partial charge is 0.373 e. The van der Waals surface area contributed by atoms with Crippen LogP contribution in [0.4, 0.5) is 25.3 Å². The summed E-state index contributed by atoms with van der Waals surface area (Å²) in [6.07, 6.45) is 2.07. The average molecular weight is 756 g/mol. The number of rotatable bonds is 7. The zero-order valence-corrected chi connectivity index (χ0v) is 28.8. The maximum absolute atomic E-state index is 13.6. The first kappa shape index (κ1) is 39.0. The van der Waals surface area contributed by atoms with Crippen molar-refractivity contribution in [3.8, 4) is 10.4 Å². The first-order valence-electron chi connectivity index (χ1n) is 13.7.